The molecule has 6 rings (SSSR count). The number of fused-ring (bicyclic) bond motifs is 3. The summed E-state index contributed by atoms with van der Waals surface area (Å²) in [6, 6.07) is 0. The molecule has 2 spiro atoms. The largest absolute Gasteiger partial charge is 0.390 e. The van der Waals surface area contributed by atoms with E-state index >= 15 is 0 Å². The van der Waals surface area contributed by atoms with Crippen molar-refractivity contribution in [2.45, 2.75) is 83.3 Å². The zero-order valence-corrected chi connectivity index (χ0v) is 15.7. The zero-order chi connectivity index (χ0) is 16.5. The average Bonchev–Trinajstić information content (AvgIpc) is 3.05. The van der Waals surface area contributed by atoms with Crippen molar-refractivity contribution < 1.29 is 9.84 Å². The van der Waals surface area contributed by atoms with Gasteiger partial charge in [-0.1, -0.05) is 6.92 Å². The van der Waals surface area contributed by atoms with E-state index in [0.29, 0.717) is 28.3 Å². The van der Waals surface area contributed by atoms with E-state index in [1.807, 2.05) is 7.11 Å². The van der Waals surface area contributed by atoms with Crippen LogP contribution < -0.4 is 0 Å². The molecule has 10 atom stereocenters. The second-order valence-electron chi connectivity index (χ2n) is 11.2. The van der Waals surface area contributed by atoms with Crippen molar-refractivity contribution in [2.75, 3.05) is 7.11 Å². The number of hydrogen-bond acceptors (Lipinski definition) is 2. The van der Waals surface area contributed by atoms with Gasteiger partial charge in [-0.25, -0.2) is 0 Å². The summed E-state index contributed by atoms with van der Waals surface area (Å²) in [5, 5.41) is 10.7. The van der Waals surface area contributed by atoms with Crippen LogP contribution in [0.2, 0.25) is 0 Å². The molecule has 0 radical (unpaired) electrons. The Morgan fingerprint density at radius 3 is 2.54 bits per heavy atom. The third-order valence-electron chi connectivity index (χ3n) is 11.0. The van der Waals surface area contributed by atoms with Gasteiger partial charge in [0.15, 0.2) is 0 Å². The van der Waals surface area contributed by atoms with Gasteiger partial charge in [0.2, 0.25) is 0 Å². The normalized spacial score (nSPS) is 69.0. The summed E-state index contributed by atoms with van der Waals surface area (Å²) in [6.45, 7) is 4.77. The van der Waals surface area contributed by atoms with Crippen molar-refractivity contribution in [3.63, 3.8) is 0 Å². The van der Waals surface area contributed by atoms with E-state index in [2.05, 4.69) is 13.8 Å². The number of ether oxygens (including phenoxy) is 1. The standard InChI is InChI=1S/C22H34O2/c1-19-8-6-13-11-22(13,19)18(24-3)10-14-15(19)7-9-21-12-20(2,23)17(21)5-4-16(14)21/h13-18,23H,4-12H2,1-3H3/t13-,14-,15+,16+,17-,18-,19-,20-,21-,22+/m1/s1. The number of methoxy groups -OCH3 is 1. The van der Waals surface area contributed by atoms with Crippen LogP contribution in [-0.4, -0.2) is 23.9 Å². The van der Waals surface area contributed by atoms with Crippen molar-refractivity contribution in [1.82, 2.24) is 0 Å². The van der Waals surface area contributed by atoms with E-state index < -0.39 is 0 Å². The van der Waals surface area contributed by atoms with Crippen LogP contribution in [0.4, 0.5) is 0 Å². The number of rotatable bonds is 1. The Hall–Kier alpha value is -0.0800. The second-order valence-corrected chi connectivity index (χ2v) is 11.2. The highest BCUT2D eigenvalue weighted by Gasteiger charge is 2.79. The van der Waals surface area contributed by atoms with Gasteiger partial charge in [0, 0.05) is 12.5 Å². The summed E-state index contributed by atoms with van der Waals surface area (Å²) < 4.78 is 6.18. The van der Waals surface area contributed by atoms with Crippen LogP contribution in [0.25, 0.3) is 0 Å². The SMILES string of the molecule is CO[C@@H]1C[C@H]2[C@@H]3CC[C@H]4[C@]3(CC[C@@H]2[C@@]2(C)CC[C@@H]3C[C@]312)C[C@@]4(C)O. The lowest BCUT2D eigenvalue weighted by Gasteiger charge is -2.66. The molecule has 0 bridgehead atoms. The first kappa shape index (κ1) is 15.0. The third kappa shape index (κ3) is 1.33. The molecule has 0 aromatic rings. The second kappa shape index (κ2) is 4.09. The van der Waals surface area contributed by atoms with Gasteiger partial charge in [-0.3, -0.25) is 0 Å². The summed E-state index contributed by atoms with van der Waals surface area (Å²) in [5.41, 5.74) is 1.24. The Bertz CT molecular complexity index is 599. The molecule has 6 aliphatic rings. The summed E-state index contributed by atoms with van der Waals surface area (Å²) in [5.74, 6) is 4.27. The number of aliphatic hydroxyl groups is 1. The van der Waals surface area contributed by atoms with Crippen molar-refractivity contribution in [3.8, 4) is 0 Å². The van der Waals surface area contributed by atoms with Crippen molar-refractivity contribution >= 4 is 0 Å². The van der Waals surface area contributed by atoms with E-state index in [0.717, 1.165) is 30.1 Å². The molecular formula is C22H34O2. The highest BCUT2D eigenvalue weighted by molar-refractivity contribution is 5.27. The van der Waals surface area contributed by atoms with Gasteiger partial charge in [-0.05, 0) is 105 Å². The predicted octanol–water partition coefficient (Wildman–Crippen LogP) is 4.41. The predicted molar refractivity (Wildman–Crippen MR) is 93.4 cm³/mol. The molecule has 134 valence electrons. The molecule has 0 aromatic heterocycles. The maximum absolute atomic E-state index is 10.7. The van der Waals surface area contributed by atoms with Gasteiger partial charge in [0.05, 0.1) is 11.7 Å². The van der Waals surface area contributed by atoms with E-state index in [-0.39, 0.29) is 5.60 Å². The minimum absolute atomic E-state index is 0.364. The van der Waals surface area contributed by atoms with Crippen LogP contribution in [0.15, 0.2) is 0 Å². The van der Waals surface area contributed by atoms with Crippen LogP contribution in [0, 0.1) is 45.8 Å². The van der Waals surface area contributed by atoms with E-state index in [4.69, 9.17) is 4.74 Å². The first-order chi connectivity index (χ1) is 11.4. The van der Waals surface area contributed by atoms with E-state index in [1.54, 1.807) is 0 Å². The maximum Gasteiger partial charge on any atom is 0.0658 e. The van der Waals surface area contributed by atoms with Gasteiger partial charge in [0.25, 0.3) is 0 Å². The Labute approximate surface area is 146 Å². The molecule has 0 unspecified atom stereocenters. The molecule has 0 heterocycles. The average molecular weight is 331 g/mol. The molecule has 1 N–H and O–H groups in total. The molecule has 6 aliphatic carbocycles. The monoisotopic (exact) mass is 330 g/mol. The molecule has 2 nitrogen and oxygen atoms in total. The molecule has 0 amide bonds. The molecule has 0 aromatic carbocycles. The molecular weight excluding hydrogens is 296 g/mol. The fourth-order valence-corrected chi connectivity index (χ4v) is 10.3. The van der Waals surface area contributed by atoms with E-state index in [1.165, 1.54) is 51.4 Å². The van der Waals surface area contributed by atoms with E-state index in [9.17, 15) is 5.11 Å². The lowest BCUT2D eigenvalue weighted by atomic mass is 9.40. The van der Waals surface area contributed by atoms with Crippen molar-refractivity contribution in [2.24, 2.45) is 45.8 Å². The first-order valence-corrected chi connectivity index (χ1v) is 10.6. The molecule has 2 heteroatoms. The van der Waals surface area contributed by atoms with Gasteiger partial charge in [-0.2, -0.15) is 0 Å². The highest BCUT2D eigenvalue weighted by Crippen LogP contribution is 2.83. The minimum atomic E-state index is -0.364. The summed E-state index contributed by atoms with van der Waals surface area (Å²) >= 11 is 0. The summed E-state index contributed by atoms with van der Waals surface area (Å²) in [7, 11) is 1.98. The fourth-order valence-electron chi connectivity index (χ4n) is 10.3. The van der Waals surface area contributed by atoms with Gasteiger partial charge < -0.3 is 9.84 Å². The Morgan fingerprint density at radius 2 is 1.83 bits per heavy atom. The maximum atomic E-state index is 10.7. The fraction of sp³-hybridized carbons (Fsp3) is 1.00. The highest BCUT2D eigenvalue weighted by atomic mass is 16.5. The van der Waals surface area contributed by atoms with Gasteiger partial charge in [-0.15, -0.1) is 0 Å². The zero-order valence-electron chi connectivity index (χ0n) is 15.7. The lowest BCUT2D eigenvalue weighted by molar-refractivity contribution is -0.232. The molecule has 6 fully saturated rings. The van der Waals surface area contributed by atoms with Crippen LogP contribution in [0.3, 0.4) is 0 Å². The van der Waals surface area contributed by atoms with Crippen LogP contribution in [0.5, 0.6) is 0 Å². The minimum Gasteiger partial charge on any atom is -0.390 e. The molecule has 0 aliphatic heterocycles. The summed E-state index contributed by atoms with van der Waals surface area (Å²) in [6.07, 6.45) is 12.8. The Balaban J connectivity index is 1.39. The smallest absolute Gasteiger partial charge is 0.0658 e. The Kier molecular flexibility index (Phi) is 2.56. The van der Waals surface area contributed by atoms with Crippen molar-refractivity contribution in [3.05, 3.63) is 0 Å². The molecule has 24 heavy (non-hydrogen) atoms. The van der Waals surface area contributed by atoms with Crippen LogP contribution >= 0.6 is 0 Å². The van der Waals surface area contributed by atoms with Gasteiger partial charge >= 0.3 is 0 Å². The third-order valence-corrected chi connectivity index (χ3v) is 11.0. The first-order valence-electron chi connectivity index (χ1n) is 10.6. The summed E-state index contributed by atoms with van der Waals surface area (Å²) in [4.78, 5) is 0. The topological polar surface area (TPSA) is 29.5 Å². The van der Waals surface area contributed by atoms with Crippen molar-refractivity contribution in [1.29, 1.82) is 0 Å². The molecule has 0 saturated heterocycles. The molecule has 6 saturated carbocycles. The number of hydrogen-bond donors (Lipinski definition) is 1. The van der Waals surface area contributed by atoms with Crippen LogP contribution in [0.1, 0.15) is 71.6 Å². The quantitative estimate of drug-likeness (QED) is 0.772. The Morgan fingerprint density at radius 1 is 1.00 bits per heavy atom. The van der Waals surface area contributed by atoms with Crippen LogP contribution in [-0.2, 0) is 4.74 Å². The lowest BCUT2D eigenvalue weighted by Crippen LogP contribution is -2.64. The van der Waals surface area contributed by atoms with Gasteiger partial charge in [0.1, 0.15) is 0 Å².